The summed E-state index contributed by atoms with van der Waals surface area (Å²) in [7, 11) is 8.66. The molecule has 55 heavy (non-hydrogen) atoms. The number of hydrogen-bond acceptors (Lipinski definition) is 9. The first-order valence-corrected chi connectivity index (χ1v) is 20.8. The number of nitrogens with one attached hydrogen (secondary N) is 2. The number of likely N-dealkylation sites (tertiary alicyclic amines) is 1. The van der Waals surface area contributed by atoms with Crippen LogP contribution < -0.4 is 10.6 Å². The van der Waals surface area contributed by atoms with Crippen LogP contribution in [-0.2, 0) is 35.1 Å². The van der Waals surface area contributed by atoms with Crippen LogP contribution in [0, 0.1) is 23.7 Å². The molecule has 308 valence electrons. The number of hydrogen-bond donors (Lipinski definition) is 2. The average Bonchev–Trinajstić information content (AvgIpc) is 3.87. The molecule has 1 aromatic carbocycles. The zero-order valence-corrected chi connectivity index (χ0v) is 36.1. The number of amides is 4. The first-order chi connectivity index (χ1) is 26.1. The van der Waals surface area contributed by atoms with Crippen molar-refractivity contribution in [2.24, 2.45) is 23.7 Å². The van der Waals surface area contributed by atoms with Gasteiger partial charge < -0.3 is 29.9 Å². The maximum absolute atomic E-state index is 14.3. The summed E-state index contributed by atoms with van der Waals surface area (Å²) < 4.78 is 12.1. The second-order valence-electron chi connectivity index (χ2n) is 16.1. The summed E-state index contributed by atoms with van der Waals surface area (Å²) >= 11 is 1.51. The number of methoxy groups -OCH3 is 2. The highest BCUT2D eigenvalue weighted by Gasteiger charge is 2.43. The van der Waals surface area contributed by atoms with Crippen LogP contribution in [0.25, 0.3) is 0 Å². The van der Waals surface area contributed by atoms with Crippen molar-refractivity contribution in [2.45, 2.75) is 123 Å². The van der Waals surface area contributed by atoms with Gasteiger partial charge in [-0.1, -0.05) is 85.2 Å². The van der Waals surface area contributed by atoms with Crippen molar-refractivity contribution in [3.8, 4) is 0 Å². The molecule has 1 fully saturated rings. The van der Waals surface area contributed by atoms with Crippen molar-refractivity contribution >= 4 is 35.0 Å². The topological polar surface area (TPSA) is 133 Å². The van der Waals surface area contributed by atoms with Crippen molar-refractivity contribution in [3.05, 3.63) is 52.5 Å². The third kappa shape index (κ3) is 12.1. The zero-order chi connectivity index (χ0) is 41.0. The molecule has 1 aliphatic rings. The Labute approximate surface area is 334 Å². The largest absolute Gasteiger partial charge is 0.379 e. The van der Waals surface area contributed by atoms with E-state index < -0.39 is 30.2 Å². The molecule has 2 N–H and O–H groups in total. The number of carbonyl (C=O) groups is 4. The van der Waals surface area contributed by atoms with Crippen molar-refractivity contribution in [3.63, 3.8) is 0 Å². The Hall–Kier alpha value is -3.39. The Morgan fingerprint density at radius 3 is 2.15 bits per heavy atom. The van der Waals surface area contributed by atoms with Crippen molar-refractivity contribution in [1.29, 1.82) is 0 Å². The molecule has 0 spiro atoms. The van der Waals surface area contributed by atoms with Crippen LogP contribution in [0.3, 0.4) is 0 Å². The van der Waals surface area contributed by atoms with Gasteiger partial charge in [-0.05, 0) is 56.7 Å². The number of rotatable bonds is 21. The highest BCUT2D eigenvalue weighted by Crippen LogP contribution is 2.30. The van der Waals surface area contributed by atoms with Crippen LogP contribution in [0.4, 0.5) is 0 Å². The number of ether oxygens (including phenoxy) is 2. The molecule has 0 aliphatic carbocycles. The molecule has 2 aromatic rings. The first kappa shape index (κ1) is 46.0. The summed E-state index contributed by atoms with van der Waals surface area (Å²) in [6.45, 7) is 14.3. The van der Waals surface area contributed by atoms with Crippen molar-refractivity contribution < 1.29 is 28.7 Å². The van der Waals surface area contributed by atoms with Crippen molar-refractivity contribution in [2.75, 3.05) is 41.9 Å². The molecule has 12 nitrogen and oxygen atoms in total. The summed E-state index contributed by atoms with van der Waals surface area (Å²) in [5.74, 6) is -1.35. The van der Waals surface area contributed by atoms with E-state index in [-0.39, 0.29) is 65.9 Å². The fourth-order valence-electron chi connectivity index (χ4n) is 8.17. The van der Waals surface area contributed by atoms with Gasteiger partial charge in [-0.2, -0.15) is 0 Å². The van der Waals surface area contributed by atoms with E-state index in [0.717, 1.165) is 23.4 Å². The molecule has 1 aliphatic heterocycles. The van der Waals surface area contributed by atoms with Gasteiger partial charge in [0.1, 0.15) is 11.0 Å². The standard InChI is InChI=1S/C42H68N6O6S/c1-13-28(6)37(47(10)42(52)35(26(2)3)45-40(51)36(27(4)5)46(8)9)33(53-11)25-34(49)48-22-17-20-32(48)38(54-12)29(7)39(50)44-31(41-43-21-23-55-41)24-30-18-15-14-16-19-30/h14-16,18-19,21,23,26-29,31-33,35-38H,13,17,20,22,24-25H2,1-12H3,(H,44,50)(H,45,51)/t28-,29-,31-,32-,33+,35-,36-,37-,38+/m0/s1. The molecule has 0 bridgehead atoms. The van der Waals surface area contributed by atoms with E-state index in [1.165, 1.54) is 11.3 Å². The lowest BCUT2D eigenvalue weighted by Crippen LogP contribution is -2.59. The molecule has 3 rings (SSSR count). The maximum Gasteiger partial charge on any atom is 0.245 e. The summed E-state index contributed by atoms with van der Waals surface area (Å²) in [4.78, 5) is 65.8. The minimum absolute atomic E-state index is 0.00751. The Morgan fingerprint density at radius 2 is 1.62 bits per heavy atom. The number of nitrogens with zero attached hydrogens (tertiary/aromatic N) is 4. The monoisotopic (exact) mass is 784 g/mol. The van der Waals surface area contributed by atoms with Gasteiger partial charge in [0, 0.05) is 39.4 Å². The van der Waals surface area contributed by atoms with E-state index in [0.29, 0.717) is 19.4 Å². The molecular weight excluding hydrogens is 717 g/mol. The summed E-state index contributed by atoms with van der Waals surface area (Å²) in [5.41, 5.74) is 1.09. The molecule has 0 unspecified atom stereocenters. The van der Waals surface area contributed by atoms with E-state index >= 15 is 0 Å². The normalized spacial score (nSPS) is 19.0. The predicted octanol–water partition coefficient (Wildman–Crippen LogP) is 5.19. The first-order valence-electron chi connectivity index (χ1n) is 19.9. The average molecular weight is 785 g/mol. The van der Waals surface area contributed by atoms with E-state index in [1.54, 1.807) is 32.4 Å². The van der Waals surface area contributed by atoms with Crippen LogP contribution in [0.5, 0.6) is 0 Å². The lowest BCUT2D eigenvalue weighted by Gasteiger charge is -2.41. The van der Waals surface area contributed by atoms with Crippen LogP contribution in [-0.4, -0.2) is 122 Å². The molecule has 1 aromatic heterocycles. The number of carbonyl (C=O) groups excluding carboxylic acids is 4. The lowest BCUT2D eigenvalue weighted by atomic mass is 9.89. The molecule has 0 saturated carbocycles. The van der Waals surface area contributed by atoms with Crippen LogP contribution in [0.2, 0.25) is 0 Å². The molecule has 2 heterocycles. The third-order valence-corrected chi connectivity index (χ3v) is 12.2. The van der Waals surface area contributed by atoms with Crippen molar-refractivity contribution in [1.82, 2.24) is 30.3 Å². The molecule has 4 amide bonds. The number of thiazole rings is 1. The quantitative estimate of drug-likeness (QED) is 0.177. The molecule has 13 heteroatoms. The van der Waals surface area contributed by atoms with Gasteiger partial charge in [0.25, 0.3) is 0 Å². The minimum atomic E-state index is -0.751. The Morgan fingerprint density at radius 1 is 0.945 bits per heavy atom. The smallest absolute Gasteiger partial charge is 0.245 e. The molecule has 9 atom stereocenters. The minimum Gasteiger partial charge on any atom is -0.379 e. The number of aromatic nitrogens is 1. The van der Waals surface area contributed by atoms with Gasteiger partial charge in [0.15, 0.2) is 0 Å². The number of benzene rings is 1. The van der Waals surface area contributed by atoms with Crippen LogP contribution >= 0.6 is 11.3 Å². The van der Waals surface area contributed by atoms with E-state index in [4.69, 9.17) is 9.47 Å². The Bertz CT molecular complexity index is 1480. The zero-order valence-electron chi connectivity index (χ0n) is 35.3. The van der Waals surface area contributed by atoms with E-state index in [9.17, 15) is 19.2 Å². The summed E-state index contributed by atoms with van der Waals surface area (Å²) in [6, 6.07) is 7.83. The van der Waals surface area contributed by atoms with Gasteiger partial charge in [0.2, 0.25) is 23.6 Å². The van der Waals surface area contributed by atoms with Gasteiger partial charge in [-0.3, -0.25) is 24.1 Å². The van der Waals surface area contributed by atoms with Gasteiger partial charge in [0.05, 0.1) is 48.7 Å². The summed E-state index contributed by atoms with van der Waals surface area (Å²) in [6.07, 6.45) is 3.49. The van der Waals surface area contributed by atoms with Crippen LogP contribution in [0.1, 0.15) is 90.8 Å². The van der Waals surface area contributed by atoms with E-state index in [2.05, 4.69) is 29.5 Å². The molecule has 1 saturated heterocycles. The number of likely N-dealkylation sites (N-methyl/N-ethyl adjacent to an activating group) is 2. The maximum atomic E-state index is 14.3. The van der Waals surface area contributed by atoms with Gasteiger partial charge in [-0.25, -0.2) is 4.98 Å². The van der Waals surface area contributed by atoms with Gasteiger partial charge in [-0.15, -0.1) is 11.3 Å². The molecule has 0 radical (unpaired) electrons. The lowest BCUT2D eigenvalue weighted by molar-refractivity contribution is -0.148. The second kappa shape index (κ2) is 21.8. The highest BCUT2D eigenvalue weighted by atomic mass is 32.1. The predicted molar refractivity (Wildman–Crippen MR) is 218 cm³/mol. The fourth-order valence-corrected chi connectivity index (χ4v) is 8.86. The Kier molecular flexibility index (Phi) is 18.2. The SMILES string of the molecule is CC[C@H](C)[C@@H]([C@@H](CC(=O)N1CCC[C@H]1[C@H](OC)[C@H](C)C(=O)N[C@@H](Cc1ccccc1)c1nccs1)OC)N(C)C(=O)[C@@H](NC(=O)[C@H](C(C)C)N(C)C)C(C)C. The molecular formula is C42H68N6O6S. The second-order valence-corrected chi connectivity index (χ2v) is 17.0. The van der Waals surface area contributed by atoms with Gasteiger partial charge >= 0.3 is 0 Å². The fraction of sp³-hybridized carbons (Fsp3) is 0.690. The Balaban J connectivity index is 1.79. The van der Waals surface area contributed by atoms with Crippen LogP contribution in [0.15, 0.2) is 41.9 Å². The van der Waals surface area contributed by atoms with E-state index in [1.807, 2.05) is 94.2 Å². The summed E-state index contributed by atoms with van der Waals surface area (Å²) in [5, 5.41) is 9.02. The highest BCUT2D eigenvalue weighted by molar-refractivity contribution is 7.09. The third-order valence-electron chi connectivity index (χ3n) is 11.3.